The van der Waals surface area contributed by atoms with E-state index in [1.165, 1.54) is 12.8 Å². The van der Waals surface area contributed by atoms with E-state index in [-0.39, 0.29) is 6.04 Å². The van der Waals surface area contributed by atoms with Gasteiger partial charge in [-0.3, -0.25) is 4.79 Å². The van der Waals surface area contributed by atoms with Gasteiger partial charge in [-0.15, -0.1) is 0 Å². The van der Waals surface area contributed by atoms with Crippen molar-refractivity contribution in [2.24, 2.45) is 0 Å². The van der Waals surface area contributed by atoms with E-state index < -0.39 is 5.97 Å². The van der Waals surface area contributed by atoms with Crippen molar-refractivity contribution in [1.82, 2.24) is 5.32 Å². The predicted molar refractivity (Wildman–Crippen MR) is 49.2 cm³/mol. The van der Waals surface area contributed by atoms with Crippen molar-refractivity contribution in [3.8, 4) is 0 Å². The van der Waals surface area contributed by atoms with E-state index in [1.807, 2.05) is 0 Å². The van der Waals surface area contributed by atoms with Crippen molar-refractivity contribution in [1.29, 1.82) is 0 Å². The van der Waals surface area contributed by atoms with E-state index >= 15 is 0 Å². The molecular formula is C9H19NO2. The number of carbonyl (C=O) groups is 1. The van der Waals surface area contributed by atoms with Gasteiger partial charge in [-0.2, -0.15) is 0 Å². The van der Waals surface area contributed by atoms with Crippen molar-refractivity contribution >= 4 is 5.97 Å². The van der Waals surface area contributed by atoms with Crippen LogP contribution in [0.4, 0.5) is 0 Å². The van der Waals surface area contributed by atoms with Crippen LogP contribution in [-0.4, -0.2) is 24.2 Å². The summed E-state index contributed by atoms with van der Waals surface area (Å²) in [5.41, 5.74) is 0. The maximum absolute atomic E-state index is 10.5. The molecule has 0 aromatic heterocycles. The summed E-state index contributed by atoms with van der Waals surface area (Å²) in [7, 11) is 1.69. The fraction of sp³-hybridized carbons (Fsp3) is 0.889. The predicted octanol–water partition coefficient (Wildman–Crippen LogP) is 1.63. The minimum atomic E-state index is -0.742. The van der Waals surface area contributed by atoms with Gasteiger partial charge >= 0.3 is 5.97 Å². The lowest BCUT2D eigenvalue weighted by Gasteiger charge is -2.09. The average Bonchev–Trinajstić information content (AvgIpc) is 2.04. The maximum atomic E-state index is 10.5. The molecule has 0 saturated heterocycles. The van der Waals surface area contributed by atoms with Gasteiger partial charge < -0.3 is 10.4 Å². The molecule has 72 valence electrons. The molecule has 3 nitrogen and oxygen atoms in total. The van der Waals surface area contributed by atoms with Crippen LogP contribution in [0.25, 0.3) is 0 Å². The highest BCUT2D eigenvalue weighted by Gasteiger charge is 2.12. The Bertz CT molecular complexity index is 126. The topological polar surface area (TPSA) is 49.3 Å². The molecule has 0 aliphatic carbocycles. The molecule has 12 heavy (non-hydrogen) atoms. The Balaban J connectivity index is 3.38. The van der Waals surface area contributed by atoms with Gasteiger partial charge in [0.05, 0.1) is 0 Å². The summed E-state index contributed by atoms with van der Waals surface area (Å²) in [6, 6.07) is -0.359. The van der Waals surface area contributed by atoms with E-state index in [0.29, 0.717) is 0 Å². The molecule has 0 aromatic carbocycles. The molecule has 0 spiro atoms. The SMILES string of the molecule is CCCCCCC(NC)C(=O)O. The number of aliphatic carboxylic acids is 1. The summed E-state index contributed by atoms with van der Waals surface area (Å²) in [5.74, 6) is -0.742. The van der Waals surface area contributed by atoms with Gasteiger partial charge in [0.1, 0.15) is 6.04 Å². The molecule has 0 bridgehead atoms. The fourth-order valence-electron chi connectivity index (χ4n) is 1.17. The molecule has 0 rings (SSSR count). The standard InChI is InChI=1S/C9H19NO2/c1-3-4-5-6-7-8(10-2)9(11)12/h8,10H,3-7H2,1-2H3,(H,11,12). The van der Waals surface area contributed by atoms with Crippen molar-refractivity contribution in [2.75, 3.05) is 7.05 Å². The van der Waals surface area contributed by atoms with Crippen LogP contribution in [-0.2, 0) is 4.79 Å². The minimum Gasteiger partial charge on any atom is -0.480 e. The molecule has 0 amide bonds. The van der Waals surface area contributed by atoms with Crippen molar-refractivity contribution in [2.45, 2.75) is 45.1 Å². The largest absolute Gasteiger partial charge is 0.480 e. The summed E-state index contributed by atoms with van der Waals surface area (Å²) in [6.45, 7) is 2.15. The molecule has 2 N–H and O–H groups in total. The Labute approximate surface area is 74.2 Å². The number of rotatable bonds is 7. The van der Waals surface area contributed by atoms with Gasteiger partial charge in [-0.25, -0.2) is 0 Å². The van der Waals surface area contributed by atoms with Crippen LogP contribution in [0, 0.1) is 0 Å². The smallest absolute Gasteiger partial charge is 0.320 e. The highest BCUT2D eigenvalue weighted by Crippen LogP contribution is 2.05. The lowest BCUT2D eigenvalue weighted by Crippen LogP contribution is -2.33. The zero-order valence-corrected chi connectivity index (χ0v) is 7.97. The number of hydrogen-bond donors (Lipinski definition) is 2. The normalized spacial score (nSPS) is 12.8. The van der Waals surface area contributed by atoms with Gasteiger partial charge in [-0.1, -0.05) is 32.6 Å². The number of likely N-dealkylation sites (N-methyl/N-ethyl adjacent to an activating group) is 1. The first-order chi connectivity index (χ1) is 5.72. The Kier molecular flexibility index (Phi) is 6.76. The molecule has 3 heteroatoms. The summed E-state index contributed by atoms with van der Waals surface area (Å²) in [4.78, 5) is 10.5. The van der Waals surface area contributed by atoms with E-state index in [0.717, 1.165) is 19.3 Å². The van der Waals surface area contributed by atoms with Crippen LogP contribution >= 0.6 is 0 Å². The third kappa shape index (κ3) is 5.13. The van der Waals surface area contributed by atoms with Crippen molar-refractivity contribution in [3.63, 3.8) is 0 Å². The molecule has 0 radical (unpaired) electrons. The summed E-state index contributed by atoms with van der Waals surface area (Å²) in [5, 5.41) is 11.4. The number of nitrogens with one attached hydrogen (secondary N) is 1. The van der Waals surface area contributed by atoms with Crippen LogP contribution in [0.2, 0.25) is 0 Å². The van der Waals surface area contributed by atoms with E-state index in [4.69, 9.17) is 5.11 Å². The van der Waals surface area contributed by atoms with Crippen LogP contribution < -0.4 is 5.32 Å². The second-order valence-corrected chi connectivity index (χ2v) is 3.03. The highest BCUT2D eigenvalue weighted by atomic mass is 16.4. The van der Waals surface area contributed by atoms with Crippen LogP contribution in [0.3, 0.4) is 0 Å². The number of hydrogen-bond acceptors (Lipinski definition) is 2. The van der Waals surface area contributed by atoms with Gasteiger partial charge in [0, 0.05) is 0 Å². The fourth-order valence-corrected chi connectivity index (χ4v) is 1.17. The number of carboxylic acids is 1. The average molecular weight is 173 g/mol. The van der Waals surface area contributed by atoms with Gasteiger partial charge in [0.25, 0.3) is 0 Å². The van der Waals surface area contributed by atoms with Crippen molar-refractivity contribution < 1.29 is 9.90 Å². The minimum absolute atomic E-state index is 0.359. The lowest BCUT2D eigenvalue weighted by molar-refractivity contribution is -0.139. The van der Waals surface area contributed by atoms with Gasteiger partial charge in [0.2, 0.25) is 0 Å². The quantitative estimate of drug-likeness (QED) is 0.575. The van der Waals surface area contributed by atoms with E-state index in [2.05, 4.69) is 12.2 Å². The van der Waals surface area contributed by atoms with E-state index in [9.17, 15) is 4.79 Å². The molecule has 0 aliphatic rings. The summed E-state index contributed by atoms with van der Waals surface area (Å²) >= 11 is 0. The Morgan fingerprint density at radius 1 is 1.42 bits per heavy atom. The molecular weight excluding hydrogens is 154 g/mol. The zero-order chi connectivity index (χ0) is 9.40. The Hall–Kier alpha value is -0.570. The highest BCUT2D eigenvalue weighted by molar-refractivity contribution is 5.73. The third-order valence-corrected chi connectivity index (χ3v) is 1.99. The van der Waals surface area contributed by atoms with Crippen LogP contribution in [0.1, 0.15) is 39.0 Å². The van der Waals surface area contributed by atoms with Crippen LogP contribution in [0.5, 0.6) is 0 Å². The van der Waals surface area contributed by atoms with Gasteiger partial charge in [0.15, 0.2) is 0 Å². The zero-order valence-electron chi connectivity index (χ0n) is 7.97. The Morgan fingerprint density at radius 3 is 2.50 bits per heavy atom. The third-order valence-electron chi connectivity index (χ3n) is 1.99. The van der Waals surface area contributed by atoms with Crippen LogP contribution in [0.15, 0.2) is 0 Å². The Morgan fingerprint density at radius 2 is 2.08 bits per heavy atom. The number of carboxylic acid groups (broad SMARTS) is 1. The molecule has 1 atom stereocenters. The molecule has 0 heterocycles. The lowest BCUT2D eigenvalue weighted by atomic mass is 10.1. The first-order valence-electron chi connectivity index (χ1n) is 4.62. The monoisotopic (exact) mass is 173 g/mol. The molecule has 1 unspecified atom stereocenters. The second kappa shape index (κ2) is 7.10. The molecule has 0 fully saturated rings. The first kappa shape index (κ1) is 11.4. The molecule has 0 saturated carbocycles. The second-order valence-electron chi connectivity index (χ2n) is 3.03. The number of unbranched alkanes of at least 4 members (excludes halogenated alkanes) is 3. The molecule has 0 aliphatic heterocycles. The summed E-state index contributed by atoms with van der Waals surface area (Å²) < 4.78 is 0. The summed E-state index contributed by atoms with van der Waals surface area (Å²) in [6.07, 6.45) is 5.28. The maximum Gasteiger partial charge on any atom is 0.320 e. The van der Waals surface area contributed by atoms with Gasteiger partial charge in [-0.05, 0) is 13.5 Å². The van der Waals surface area contributed by atoms with E-state index in [1.54, 1.807) is 7.05 Å². The first-order valence-corrected chi connectivity index (χ1v) is 4.62. The van der Waals surface area contributed by atoms with Crippen molar-refractivity contribution in [3.05, 3.63) is 0 Å². The molecule has 0 aromatic rings.